The Hall–Kier alpha value is -8.20. The van der Waals surface area contributed by atoms with Crippen LogP contribution in [0.2, 0.25) is 0 Å². The molecule has 1 aromatic heterocycles. The van der Waals surface area contributed by atoms with E-state index in [9.17, 15) is 0 Å². The Bertz CT molecular complexity index is 3260. The third-order valence-electron chi connectivity index (χ3n) is 12.0. The van der Waals surface area contributed by atoms with Gasteiger partial charge in [-0.05, 0) is 99.1 Å². The summed E-state index contributed by atoms with van der Waals surface area (Å²) in [5.41, 5.74) is 18.8. The molecule has 2 heteroatoms. The van der Waals surface area contributed by atoms with Crippen molar-refractivity contribution in [3.8, 4) is 61.3 Å². The molecule has 0 atom stereocenters. The molecular formula is C60H42N2. The Balaban J connectivity index is 0.939. The molecule has 0 saturated heterocycles. The molecule has 0 aliphatic carbocycles. The number of aromatic nitrogens is 1. The summed E-state index contributed by atoms with van der Waals surface area (Å²) >= 11 is 0. The van der Waals surface area contributed by atoms with Crippen molar-refractivity contribution in [3.05, 3.63) is 255 Å². The molecule has 0 N–H and O–H groups in total. The Kier molecular flexibility index (Phi) is 9.57. The maximum atomic E-state index is 2.41. The molecule has 0 radical (unpaired) electrons. The zero-order chi connectivity index (χ0) is 41.2. The van der Waals surface area contributed by atoms with Gasteiger partial charge in [-0.25, -0.2) is 0 Å². The van der Waals surface area contributed by atoms with E-state index in [0.29, 0.717) is 0 Å². The van der Waals surface area contributed by atoms with Crippen molar-refractivity contribution in [2.45, 2.75) is 0 Å². The number of hydrogen-bond donors (Lipinski definition) is 0. The number of nitrogens with zero attached hydrogens (tertiary/aromatic N) is 2. The first-order valence-electron chi connectivity index (χ1n) is 21.3. The minimum absolute atomic E-state index is 1.09. The van der Waals surface area contributed by atoms with E-state index >= 15 is 0 Å². The van der Waals surface area contributed by atoms with Crippen LogP contribution >= 0.6 is 0 Å². The molecule has 0 bridgehead atoms. The van der Waals surface area contributed by atoms with Gasteiger partial charge in [0.15, 0.2) is 0 Å². The normalized spacial score (nSPS) is 11.2. The summed E-state index contributed by atoms with van der Waals surface area (Å²) in [5, 5.41) is 2.53. The largest absolute Gasteiger partial charge is 0.310 e. The Morgan fingerprint density at radius 3 is 1.24 bits per heavy atom. The molecule has 0 aliphatic heterocycles. The zero-order valence-corrected chi connectivity index (χ0v) is 34.1. The highest BCUT2D eigenvalue weighted by atomic mass is 15.1. The molecule has 10 aromatic carbocycles. The van der Waals surface area contributed by atoms with Crippen molar-refractivity contribution in [3.63, 3.8) is 0 Å². The first-order chi connectivity index (χ1) is 30.8. The number of fused-ring (bicyclic) bond motifs is 3. The van der Waals surface area contributed by atoms with Gasteiger partial charge in [-0.2, -0.15) is 0 Å². The fourth-order valence-corrected chi connectivity index (χ4v) is 9.01. The van der Waals surface area contributed by atoms with Crippen LogP contribution in [0.3, 0.4) is 0 Å². The molecule has 0 spiro atoms. The van der Waals surface area contributed by atoms with E-state index in [1.54, 1.807) is 0 Å². The first kappa shape index (κ1) is 36.8. The molecule has 1 heterocycles. The minimum Gasteiger partial charge on any atom is -0.310 e. The van der Waals surface area contributed by atoms with Gasteiger partial charge >= 0.3 is 0 Å². The van der Waals surface area contributed by atoms with E-state index in [2.05, 4.69) is 264 Å². The smallest absolute Gasteiger partial charge is 0.0541 e. The fraction of sp³-hybridized carbons (Fsp3) is 0. The second-order valence-corrected chi connectivity index (χ2v) is 15.7. The SMILES string of the molecule is c1ccc(-c2cccc(-c3ccc(N(c4ccc(-c5ccc(-c6ccccc6-n6c7ccccc7c7ccccc76)cc5)cc4)c4ccccc4-c4ccccc4)cc3)c2)cc1. The van der Waals surface area contributed by atoms with Crippen LogP contribution in [0.25, 0.3) is 83.1 Å². The van der Waals surface area contributed by atoms with E-state index in [1.165, 1.54) is 83.1 Å². The first-order valence-corrected chi connectivity index (χ1v) is 21.3. The highest BCUT2D eigenvalue weighted by molar-refractivity contribution is 6.09. The Labute approximate surface area is 362 Å². The van der Waals surface area contributed by atoms with Crippen LogP contribution in [-0.4, -0.2) is 4.57 Å². The van der Waals surface area contributed by atoms with Gasteiger partial charge in [0, 0.05) is 33.3 Å². The summed E-state index contributed by atoms with van der Waals surface area (Å²) in [7, 11) is 0. The molecule has 11 rings (SSSR count). The molecule has 62 heavy (non-hydrogen) atoms. The summed E-state index contributed by atoms with van der Waals surface area (Å²) in [6, 6.07) is 91.9. The van der Waals surface area contributed by atoms with Crippen molar-refractivity contribution < 1.29 is 0 Å². The van der Waals surface area contributed by atoms with Crippen molar-refractivity contribution >= 4 is 38.9 Å². The molecule has 292 valence electrons. The van der Waals surface area contributed by atoms with E-state index in [1.807, 2.05) is 0 Å². The van der Waals surface area contributed by atoms with Crippen LogP contribution < -0.4 is 4.90 Å². The molecule has 0 unspecified atom stereocenters. The van der Waals surface area contributed by atoms with Crippen molar-refractivity contribution in [1.82, 2.24) is 4.57 Å². The maximum absolute atomic E-state index is 2.41. The monoisotopic (exact) mass is 790 g/mol. The van der Waals surface area contributed by atoms with Crippen molar-refractivity contribution in [2.24, 2.45) is 0 Å². The number of anilines is 3. The summed E-state index contributed by atoms with van der Waals surface area (Å²) in [6.45, 7) is 0. The van der Waals surface area contributed by atoms with Gasteiger partial charge in [0.1, 0.15) is 0 Å². The van der Waals surface area contributed by atoms with E-state index in [0.717, 1.165) is 17.1 Å². The topological polar surface area (TPSA) is 8.17 Å². The highest BCUT2D eigenvalue weighted by Gasteiger charge is 2.19. The van der Waals surface area contributed by atoms with Crippen molar-refractivity contribution in [1.29, 1.82) is 0 Å². The van der Waals surface area contributed by atoms with Gasteiger partial charge in [-0.3, -0.25) is 0 Å². The molecule has 0 fully saturated rings. The molecular weight excluding hydrogens is 749 g/mol. The fourth-order valence-electron chi connectivity index (χ4n) is 9.01. The van der Waals surface area contributed by atoms with Gasteiger partial charge < -0.3 is 9.47 Å². The van der Waals surface area contributed by atoms with E-state index in [-0.39, 0.29) is 0 Å². The quantitative estimate of drug-likeness (QED) is 0.141. The second kappa shape index (κ2) is 16.1. The van der Waals surface area contributed by atoms with Crippen LogP contribution in [0.4, 0.5) is 17.1 Å². The average molecular weight is 791 g/mol. The maximum Gasteiger partial charge on any atom is 0.0541 e. The lowest BCUT2D eigenvalue weighted by molar-refractivity contribution is 1.18. The molecule has 2 nitrogen and oxygen atoms in total. The molecule has 0 saturated carbocycles. The standard InChI is InChI=1S/C60H42N2/c1-3-16-43(17-4-1)49-20-15-21-50(42-49)46-36-40-52(41-37-46)61(57-26-11-7-22-53(57)47-18-5-2-6-19-47)51-38-34-45(35-39-51)44-30-32-48(33-31-44)54-23-8-12-27-58(54)62-59-28-13-9-24-55(59)56-25-10-14-29-60(56)62/h1-42H. The molecule has 11 aromatic rings. The molecule has 0 amide bonds. The lowest BCUT2D eigenvalue weighted by Crippen LogP contribution is -2.11. The van der Waals surface area contributed by atoms with Gasteiger partial charge in [-0.1, -0.05) is 200 Å². The van der Waals surface area contributed by atoms with Crippen LogP contribution in [0, 0.1) is 0 Å². The second-order valence-electron chi connectivity index (χ2n) is 15.7. The van der Waals surface area contributed by atoms with Gasteiger partial charge in [0.25, 0.3) is 0 Å². The van der Waals surface area contributed by atoms with E-state index < -0.39 is 0 Å². The Morgan fingerprint density at radius 2 is 0.645 bits per heavy atom. The van der Waals surface area contributed by atoms with Gasteiger partial charge in [0.05, 0.1) is 22.4 Å². The van der Waals surface area contributed by atoms with Gasteiger partial charge in [-0.15, -0.1) is 0 Å². The van der Waals surface area contributed by atoms with Crippen LogP contribution in [0.5, 0.6) is 0 Å². The predicted molar refractivity (Wildman–Crippen MR) is 263 cm³/mol. The summed E-state index contributed by atoms with van der Waals surface area (Å²) in [5.74, 6) is 0. The number of para-hydroxylation sites is 4. The summed E-state index contributed by atoms with van der Waals surface area (Å²) < 4.78 is 2.41. The van der Waals surface area contributed by atoms with Crippen LogP contribution in [-0.2, 0) is 0 Å². The summed E-state index contributed by atoms with van der Waals surface area (Å²) in [4.78, 5) is 2.38. The van der Waals surface area contributed by atoms with Crippen LogP contribution in [0.1, 0.15) is 0 Å². The highest BCUT2D eigenvalue weighted by Crippen LogP contribution is 2.42. The van der Waals surface area contributed by atoms with Gasteiger partial charge in [0.2, 0.25) is 0 Å². The third-order valence-corrected chi connectivity index (χ3v) is 12.0. The Morgan fingerprint density at radius 1 is 0.258 bits per heavy atom. The van der Waals surface area contributed by atoms with Crippen molar-refractivity contribution in [2.75, 3.05) is 4.90 Å². The predicted octanol–water partition coefficient (Wildman–Crippen LogP) is 16.6. The number of benzene rings is 10. The average Bonchev–Trinajstić information content (AvgIpc) is 3.69. The van der Waals surface area contributed by atoms with E-state index in [4.69, 9.17) is 0 Å². The summed E-state index contributed by atoms with van der Waals surface area (Å²) in [6.07, 6.45) is 0. The van der Waals surface area contributed by atoms with Crippen LogP contribution in [0.15, 0.2) is 255 Å². The lowest BCUT2D eigenvalue weighted by atomic mass is 9.98. The number of rotatable bonds is 9. The minimum atomic E-state index is 1.09. The molecule has 0 aliphatic rings. The third kappa shape index (κ3) is 6.84. The zero-order valence-electron chi connectivity index (χ0n) is 34.1. The number of hydrogen-bond acceptors (Lipinski definition) is 1. The lowest BCUT2D eigenvalue weighted by Gasteiger charge is -2.28.